The van der Waals surface area contributed by atoms with E-state index in [2.05, 4.69) is 21.0 Å². The summed E-state index contributed by atoms with van der Waals surface area (Å²) in [6, 6.07) is 2.27. The average molecular weight is 280 g/mol. The predicted octanol–water partition coefficient (Wildman–Crippen LogP) is 0.607. The summed E-state index contributed by atoms with van der Waals surface area (Å²) in [6.45, 7) is 5.29. The number of anilines is 2. The van der Waals surface area contributed by atoms with Crippen LogP contribution in [0, 0.1) is 11.3 Å². The van der Waals surface area contributed by atoms with Crippen LogP contribution >= 0.6 is 0 Å². The molecule has 2 N–H and O–H groups in total. The third kappa shape index (κ3) is 5.24. The first-order valence-electron chi connectivity index (χ1n) is 6.35. The van der Waals surface area contributed by atoms with E-state index < -0.39 is 0 Å². The zero-order valence-electron chi connectivity index (χ0n) is 12.0. The van der Waals surface area contributed by atoms with Gasteiger partial charge >= 0.3 is 6.01 Å². The molecular formula is C12H20N6O2. The van der Waals surface area contributed by atoms with Crippen LogP contribution < -0.4 is 15.4 Å². The predicted molar refractivity (Wildman–Crippen MR) is 74.3 cm³/mol. The van der Waals surface area contributed by atoms with Crippen LogP contribution in [0.15, 0.2) is 0 Å². The fourth-order valence-electron chi connectivity index (χ4n) is 1.46. The molecule has 0 saturated heterocycles. The number of rotatable bonds is 8. The summed E-state index contributed by atoms with van der Waals surface area (Å²) >= 11 is 0. The van der Waals surface area contributed by atoms with E-state index in [-0.39, 0.29) is 18.1 Å². The van der Waals surface area contributed by atoms with E-state index in [9.17, 15) is 0 Å². The van der Waals surface area contributed by atoms with Crippen molar-refractivity contribution in [1.29, 1.82) is 5.26 Å². The normalized spacial score (nSPS) is 10.3. The second-order valence-electron chi connectivity index (χ2n) is 4.33. The Balaban J connectivity index is 2.92. The molecular weight excluding hydrogens is 260 g/mol. The van der Waals surface area contributed by atoms with Gasteiger partial charge in [0.15, 0.2) is 0 Å². The van der Waals surface area contributed by atoms with Gasteiger partial charge in [0.2, 0.25) is 11.9 Å². The lowest BCUT2D eigenvalue weighted by Gasteiger charge is -2.21. The van der Waals surface area contributed by atoms with Crippen LogP contribution in [0.4, 0.5) is 11.9 Å². The van der Waals surface area contributed by atoms with Gasteiger partial charge in [-0.15, -0.1) is 0 Å². The minimum absolute atomic E-state index is 0.0591. The van der Waals surface area contributed by atoms with Crippen LogP contribution in [-0.2, 0) is 4.74 Å². The highest BCUT2D eigenvalue weighted by Crippen LogP contribution is 2.14. The monoisotopic (exact) mass is 280 g/mol. The summed E-state index contributed by atoms with van der Waals surface area (Å²) in [5, 5.41) is 8.71. The maximum absolute atomic E-state index is 8.71. The Hall–Kier alpha value is -2.14. The molecule has 1 aromatic heterocycles. The van der Waals surface area contributed by atoms with Gasteiger partial charge in [-0.2, -0.15) is 20.2 Å². The van der Waals surface area contributed by atoms with Crippen molar-refractivity contribution in [2.75, 3.05) is 37.4 Å². The van der Waals surface area contributed by atoms with E-state index in [1.807, 2.05) is 18.7 Å². The van der Waals surface area contributed by atoms with Gasteiger partial charge in [0.1, 0.15) is 0 Å². The Morgan fingerprint density at radius 3 is 2.65 bits per heavy atom. The largest absolute Gasteiger partial charge is 0.461 e. The number of methoxy groups -OCH3 is 1. The molecule has 0 aliphatic carbocycles. The van der Waals surface area contributed by atoms with Crippen LogP contribution in [0.5, 0.6) is 6.01 Å². The van der Waals surface area contributed by atoms with E-state index in [1.165, 1.54) is 0 Å². The van der Waals surface area contributed by atoms with Gasteiger partial charge in [-0.05, 0) is 13.8 Å². The van der Waals surface area contributed by atoms with Gasteiger partial charge in [-0.3, -0.25) is 0 Å². The van der Waals surface area contributed by atoms with Gasteiger partial charge in [-0.25, -0.2) is 0 Å². The summed E-state index contributed by atoms with van der Waals surface area (Å²) < 4.78 is 10.5. The van der Waals surface area contributed by atoms with Crippen molar-refractivity contribution in [2.45, 2.75) is 26.4 Å². The quantitative estimate of drug-likeness (QED) is 0.737. The summed E-state index contributed by atoms with van der Waals surface area (Å²) in [4.78, 5) is 14.0. The molecule has 8 heteroatoms. The fraction of sp³-hybridized carbons (Fsp3) is 0.667. The van der Waals surface area contributed by atoms with Gasteiger partial charge in [-0.1, -0.05) is 0 Å². The molecule has 1 rings (SSSR count). The highest BCUT2D eigenvalue weighted by Gasteiger charge is 2.13. The maximum atomic E-state index is 8.71. The van der Waals surface area contributed by atoms with Gasteiger partial charge < -0.3 is 20.1 Å². The van der Waals surface area contributed by atoms with Gasteiger partial charge in [0, 0.05) is 20.2 Å². The number of hydrogen-bond acceptors (Lipinski definition) is 8. The molecule has 0 amide bonds. The van der Waals surface area contributed by atoms with E-state index >= 15 is 0 Å². The number of nitrogens with two attached hydrogens (primary N) is 1. The van der Waals surface area contributed by atoms with Crippen molar-refractivity contribution in [1.82, 2.24) is 15.0 Å². The Morgan fingerprint density at radius 1 is 1.30 bits per heavy atom. The lowest BCUT2D eigenvalue weighted by molar-refractivity contribution is 0.204. The number of aromatic nitrogens is 3. The lowest BCUT2D eigenvalue weighted by atomic mass is 10.4. The summed E-state index contributed by atoms with van der Waals surface area (Å²) in [5.74, 6) is 0.477. The van der Waals surface area contributed by atoms with E-state index in [0.717, 1.165) is 0 Å². The van der Waals surface area contributed by atoms with E-state index in [4.69, 9.17) is 20.5 Å². The number of nitrogens with zero attached hydrogens (tertiary/aromatic N) is 5. The molecule has 20 heavy (non-hydrogen) atoms. The second kappa shape index (κ2) is 8.12. The number of ether oxygens (including phenoxy) is 2. The minimum Gasteiger partial charge on any atom is -0.461 e. The molecule has 0 radical (unpaired) electrons. The number of hydrogen-bond donors (Lipinski definition) is 1. The summed E-state index contributed by atoms with van der Waals surface area (Å²) in [5.41, 5.74) is 5.67. The smallest absolute Gasteiger partial charge is 0.323 e. The highest BCUT2D eigenvalue weighted by molar-refractivity contribution is 5.36. The maximum Gasteiger partial charge on any atom is 0.323 e. The minimum atomic E-state index is -0.0591. The Labute approximate surface area is 118 Å². The first-order chi connectivity index (χ1) is 9.56. The second-order valence-corrected chi connectivity index (χ2v) is 4.33. The molecule has 110 valence electrons. The van der Waals surface area contributed by atoms with E-state index in [0.29, 0.717) is 32.1 Å². The number of nitriles is 1. The van der Waals surface area contributed by atoms with Crippen molar-refractivity contribution in [3.63, 3.8) is 0 Å². The molecule has 0 bridgehead atoms. The Morgan fingerprint density at radius 2 is 2.05 bits per heavy atom. The van der Waals surface area contributed by atoms with Crippen molar-refractivity contribution >= 4 is 11.9 Å². The number of nitrogen functional groups attached to an aromatic ring is 1. The summed E-state index contributed by atoms with van der Waals surface area (Å²) in [7, 11) is 1.61. The first-order valence-corrected chi connectivity index (χ1v) is 6.35. The van der Waals surface area contributed by atoms with Crippen molar-refractivity contribution in [3.8, 4) is 12.1 Å². The van der Waals surface area contributed by atoms with Crippen LogP contribution in [-0.4, -0.2) is 47.9 Å². The van der Waals surface area contributed by atoms with Crippen molar-refractivity contribution in [3.05, 3.63) is 0 Å². The molecule has 0 aliphatic rings. The molecule has 0 unspecified atom stereocenters. The fourth-order valence-corrected chi connectivity index (χ4v) is 1.46. The van der Waals surface area contributed by atoms with Crippen molar-refractivity contribution in [2.24, 2.45) is 0 Å². The van der Waals surface area contributed by atoms with Gasteiger partial charge in [0.25, 0.3) is 0 Å². The SMILES string of the molecule is COCCN(CCC#N)c1nc(N)nc(OC(C)C)n1. The Bertz CT molecular complexity index is 460. The van der Waals surface area contributed by atoms with Crippen LogP contribution in [0.25, 0.3) is 0 Å². The Kier molecular flexibility index (Phi) is 6.46. The van der Waals surface area contributed by atoms with Crippen LogP contribution in [0.2, 0.25) is 0 Å². The topological polar surface area (TPSA) is 110 Å². The molecule has 0 spiro atoms. The first kappa shape index (κ1) is 15.9. The lowest BCUT2D eigenvalue weighted by Crippen LogP contribution is -2.30. The van der Waals surface area contributed by atoms with Crippen LogP contribution in [0.3, 0.4) is 0 Å². The standard InChI is InChI=1S/C12H20N6O2/c1-9(2)20-12-16-10(14)15-11(17-12)18(6-4-5-13)7-8-19-3/h9H,4,6-8H2,1-3H3,(H2,14,15,16,17). The molecule has 0 saturated carbocycles. The van der Waals surface area contributed by atoms with Crippen molar-refractivity contribution < 1.29 is 9.47 Å². The molecule has 1 heterocycles. The third-order valence-corrected chi connectivity index (χ3v) is 2.30. The van der Waals surface area contributed by atoms with E-state index in [1.54, 1.807) is 7.11 Å². The summed E-state index contributed by atoms with van der Waals surface area (Å²) in [6.07, 6.45) is 0.298. The average Bonchev–Trinajstić information content (AvgIpc) is 2.37. The van der Waals surface area contributed by atoms with Crippen LogP contribution in [0.1, 0.15) is 20.3 Å². The van der Waals surface area contributed by atoms with Gasteiger partial charge in [0.05, 0.1) is 25.2 Å². The highest BCUT2D eigenvalue weighted by atomic mass is 16.5. The molecule has 0 aliphatic heterocycles. The molecule has 0 aromatic carbocycles. The molecule has 8 nitrogen and oxygen atoms in total. The third-order valence-electron chi connectivity index (χ3n) is 2.30. The molecule has 0 fully saturated rings. The zero-order chi connectivity index (χ0) is 15.0. The zero-order valence-corrected chi connectivity index (χ0v) is 12.0. The molecule has 1 aromatic rings. The molecule has 0 atom stereocenters.